The monoisotopic (exact) mass is 281 g/mol. The Hall–Kier alpha value is -0.620. The summed E-state index contributed by atoms with van der Waals surface area (Å²) in [6.45, 7) is 2.24. The van der Waals surface area contributed by atoms with Crippen LogP contribution in [-0.2, 0) is 0 Å². The molecule has 0 unspecified atom stereocenters. The zero-order chi connectivity index (χ0) is 12.9. The SMILES string of the molecule is C1CCC(CNCCSc2nnnn2C2CC2)CC1. The van der Waals surface area contributed by atoms with Crippen molar-refractivity contribution < 1.29 is 0 Å². The molecule has 0 aliphatic heterocycles. The summed E-state index contributed by atoms with van der Waals surface area (Å²) in [7, 11) is 0. The summed E-state index contributed by atoms with van der Waals surface area (Å²) in [5.41, 5.74) is 0. The number of rotatable bonds is 7. The van der Waals surface area contributed by atoms with Crippen LogP contribution in [0.4, 0.5) is 0 Å². The second-order valence-electron chi connectivity index (χ2n) is 5.69. The number of nitrogens with zero attached hydrogens (tertiary/aromatic N) is 4. The second-order valence-corrected chi connectivity index (χ2v) is 6.76. The van der Waals surface area contributed by atoms with Gasteiger partial charge in [0.1, 0.15) is 0 Å². The van der Waals surface area contributed by atoms with Crippen LogP contribution >= 0.6 is 11.8 Å². The van der Waals surface area contributed by atoms with E-state index in [4.69, 9.17) is 0 Å². The van der Waals surface area contributed by atoms with Gasteiger partial charge in [-0.1, -0.05) is 31.0 Å². The smallest absolute Gasteiger partial charge is 0.209 e. The quantitative estimate of drug-likeness (QED) is 0.614. The zero-order valence-electron chi connectivity index (χ0n) is 11.4. The fourth-order valence-electron chi connectivity index (χ4n) is 2.74. The first-order valence-corrected chi connectivity index (χ1v) is 8.53. The van der Waals surface area contributed by atoms with Crippen LogP contribution in [0.5, 0.6) is 0 Å². The van der Waals surface area contributed by atoms with Crippen LogP contribution in [0.15, 0.2) is 5.16 Å². The molecule has 1 aromatic rings. The highest BCUT2D eigenvalue weighted by atomic mass is 32.2. The van der Waals surface area contributed by atoms with Crippen LogP contribution in [0.2, 0.25) is 0 Å². The first-order valence-electron chi connectivity index (χ1n) is 7.55. The van der Waals surface area contributed by atoms with Crippen LogP contribution in [-0.4, -0.2) is 39.0 Å². The van der Waals surface area contributed by atoms with Crippen molar-refractivity contribution in [2.24, 2.45) is 5.92 Å². The number of nitrogens with one attached hydrogen (secondary N) is 1. The van der Waals surface area contributed by atoms with E-state index in [2.05, 4.69) is 20.8 Å². The lowest BCUT2D eigenvalue weighted by molar-refractivity contribution is 0.345. The Morgan fingerprint density at radius 2 is 2.00 bits per heavy atom. The molecule has 0 aromatic carbocycles. The topological polar surface area (TPSA) is 55.6 Å². The molecule has 0 amide bonds. The molecule has 2 aliphatic rings. The minimum Gasteiger partial charge on any atom is -0.316 e. The predicted octanol–water partition coefficient (Wildman–Crippen LogP) is 2.27. The average Bonchev–Trinajstić information content (AvgIpc) is 3.19. The molecule has 106 valence electrons. The van der Waals surface area contributed by atoms with Crippen LogP contribution in [0.25, 0.3) is 0 Å². The van der Waals surface area contributed by atoms with Crippen molar-refractivity contribution in [2.45, 2.75) is 56.1 Å². The van der Waals surface area contributed by atoms with Crippen molar-refractivity contribution in [1.29, 1.82) is 0 Å². The average molecular weight is 281 g/mol. The molecular weight excluding hydrogens is 258 g/mol. The fraction of sp³-hybridized carbons (Fsp3) is 0.923. The van der Waals surface area contributed by atoms with Gasteiger partial charge in [-0.25, -0.2) is 4.68 Å². The zero-order valence-corrected chi connectivity index (χ0v) is 12.2. The van der Waals surface area contributed by atoms with Gasteiger partial charge in [-0.05, 0) is 48.6 Å². The minimum atomic E-state index is 0.577. The molecule has 6 heteroatoms. The molecule has 2 aliphatic carbocycles. The van der Waals surface area contributed by atoms with Gasteiger partial charge in [-0.15, -0.1) is 5.10 Å². The van der Waals surface area contributed by atoms with Gasteiger partial charge >= 0.3 is 0 Å². The van der Waals surface area contributed by atoms with Gasteiger partial charge in [0, 0.05) is 12.3 Å². The lowest BCUT2D eigenvalue weighted by Crippen LogP contribution is -2.26. The Balaban J connectivity index is 1.31. The summed E-state index contributed by atoms with van der Waals surface area (Å²) in [4.78, 5) is 0. The maximum Gasteiger partial charge on any atom is 0.209 e. The van der Waals surface area contributed by atoms with Crippen molar-refractivity contribution in [1.82, 2.24) is 25.5 Å². The number of hydrogen-bond donors (Lipinski definition) is 1. The molecule has 0 bridgehead atoms. The van der Waals surface area contributed by atoms with E-state index in [1.807, 2.05) is 4.68 Å². The van der Waals surface area contributed by atoms with Gasteiger partial charge in [-0.3, -0.25) is 0 Å². The molecular formula is C13H23N5S. The van der Waals surface area contributed by atoms with Gasteiger partial charge in [0.25, 0.3) is 0 Å². The van der Waals surface area contributed by atoms with Gasteiger partial charge in [0.05, 0.1) is 6.04 Å². The van der Waals surface area contributed by atoms with E-state index in [-0.39, 0.29) is 0 Å². The molecule has 1 heterocycles. The van der Waals surface area contributed by atoms with Gasteiger partial charge in [-0.2, -0.15) is 0 Å². The highest BCUT2D eigenvalue weighted by Crippen LogP contribution is 2.36. The summed E-state index contributed by atoms with van der Waals surface area (Å²) < 4.78 is 1.99. The van der Waals surface area contributed by atoms with Gasteiger partial charge < -0.3 is 5.32 Å². The molecule has 0 spiro atoms. The van der Waals surface area contributed by atoms with Crippen molar-refractivity contribution in [3.8, 4) is 0 Å². The highest BCUT2D eigenvalue weighted by molar-refractivity contribution is 7.99. The molecule has 3 rings (SSSR count). The van der Waals surface area contributed by atoms with Crippen LogP contribution in [0.3, 0.4) is 0 Å². The van der Waals surface area contributed by atoms with E-state index in [0.717, 1.165) is 23.4 Å². The standard InChI is InChI=1S/C13H23N5S/c1-2-4-11(5-3-1)10-14-8-9-19-13-15-16-17-18(13)12-6-7-12/h11-12,14H,1-10H2. The summed E-state index contributed by atoms with van der Waals surface area (Å²) in [6, 6.07) is 0.577. The van der Waals surface area contributed by atoms with Gasteiger partial charge in [0.2, 0.25) is 5.16 Å². The summed E-state index contributed by atoms with van der Waals surface area (Å²) in [5.74, 6) is 1.97. The van der Waals surface area contributed by atoms with E-state index in [1.54, 1.807) is 11.8 Å². The Bertz CT molecular complexity index is 384. The van der Waals surface area contributed by atoms with Gasteiger partial charge in [0.15, 0.2) is 0 Å². The molecule has 2 saturated carbocycles. The first-order chi connectivity index (χ1) is 9.43. The van der Waals surface area contributed by atoms with Crippen LogP contribution < -0.4 is 5.32 Å². The molecule has 0 radical (unpaired) electrons. The van der Waals surface area contributed by atoms with Crippen LogP contribution in [0, 0.1) is 5.92 Å². The van der Waals surface area contributed by atoms with Crippen molar-refractivity contribution in [2.75, 3.05) is 18.8 Å². The third kappa shape index (κ3) is 3.92. The maximum absolute atomic E-state index is 4.10. The third-order valence-corrected chi connectivity index (χ3v) is 4.96. The Labute approximate surface area is 118 Å². The fourth-order valence-corrected chi connectivity index (χ4v) is 3.58. The molecule has 1 aromatic heterocycles. The second kappa shape index (κ2) is 6.70. The number of hydrogen-bond acceptors (Lipinski definition) is 5. The normalized spacial score (nSPS) is 20.8. The largest absolute Gasteiger partial charge is 0.316 e. The Kier molecular flexibility index (Phi) is 4.71. The molecule has 5 nitrogen and oxygen atoms in total. The van der Waals surface area contributed by atoms with Crippen molar-refractivity contribution >= 4 is 11.8 Å². The molecule has 1 N–H and O–H groups in total. The molecule has 2 fully saturated rings. The van der Waals surface area contributed by atoms with Crippen molar-refractivity contribution in [3.05, 3.63) is 0 Å². The summed E-state index contributed by atoms with van der Waals surface area (Å²) in [6.07, 6.45) is 9.60. The Morgan fingerprint density at radius 3 is 2.79 bits per heavy atom. The summed E-state index contributed by atoms with van der Waals surface area (Å²) in [5, 5.41) is 16.5. The molecule has 0 saturated heterocycles. The predicted molar refractivity (Wildman–Crippen MR) is 76.3 cm³/mol. The van der Waals surface area contributed by atoms with Crippen molar-refractivity contribution in [3.63, 3.8) is 0 Å². The molecule has 0 atom stereocenters. The van der Waals surface area contributed by atoms with E-state index in [1.165, 1.54) is 51.5 Å². The maximum atomic E-state index is 4.10. The third-order valence-electron chi connectivity index (χ3n) is 4.02. The number of aromatic nitrogens is 4. The van der Waals surface area contributed by atoms with E-state index in [9.17, 15) is 0 Å². The Morgan fingerprint density at radius 1 is 1.16 bits per heavy atom. The van der Waals surface area contributed by atoms with E-state index < -0.39 is 0 Å². The number of tetrazole rings is 1. The van der Waals surface area contributed by atoms with E-state index in [0.29, 0.717) is 6.04 Å². The lowest BCUT2D eigenvalue weighted by atomic mass is 9.89. The van der Waals surface area contributed by atoms with E-state index >= 15 is 0 Å². The minimum absolute atomic E-state index is 0.577. The highest BCUT2D eigenvalue weighted by Gasteiger charge is 2.27. The first kappa shape index (κ1) is 13.4. The summed E-state index contributed by atoms with van der Waals surface area (Å²) >= 11 is 1.77. The molecule has 19 heavy (non-hydrogen) atoms. The van der Waals surface area contributed by atoms with Crippen LogP contribution in [0.1, 0.15) is 51.0 Å². The lowest BCUT2D eigenvalue weighted by Gasteiger charge is -2.21. The number of thioether (sulfide) groups is 1.